The highest BCUT2D eigenvalue weighted by atomic mass is 16.5. The Bertz CT molecular complexity index is 403. The summed E-state index contributed by atoms with van der Waals surface area (Å²) in [6, 6.07) is 0. The SMILES string of the molecule is Cc1[nH]ncc1C(=O)N1CC2CCC(C1)O2. The average Bonchev–Trinajstić information content (AvgIpc) is 2.84. The molecule has 1 aromatic heterocycles. The molecular weight excluding hydrogens is 206 g/mol. The highest BCUT2D eigenvalue weighted by Crippen LogP contribution is 2.27. The lowest BCUT2D eigenvalue weighted by Gasteiger charge is -2.32. The molecule has 2 bridgehead atoms. The molecule has 0 spiro atoms. The quantitative estimate of drug-likeness (QED) is 0.760. The Balaban J connectivity index is 1.79. The molecule has 3 heterocycles. The molecule has 86 valence electrons. The Morgan fingerprint density at radius 3 is 2.75 bits per heavy atom. The van der Waals surface area contributed by atoms with Crippen LogP contribution in [0.5, 0.6) is 0 Å². The van der Waals surface area contributed by atoms with E-state index in [0.717, 1.165) is 31.6 Å². The third-order valence-electron chi connectivity index (χ3n) is 3.39. The molecule has 1 N–H and O–H groups in total. The summed E-state index contributed by atoms with van der Waals surface area (Å²) in [6.07, 6.45) is 4.26. The number of hydrogen-bond acceptors (Lipinski definition) is 3. The summed E-state index contributed by atoms with van der Waals surface area (Å²) in [6.45, 7) is 3.31. The van der Waals surface area contributed by atoms with Gasteiger partial charge in [0.05, 0.1) is 24.0 Å². The molecule has 2 unspecified atom stereocenters. The van der Waals surface area contributed by atoms with Gasteiger partial charge in [0.1, 0.15) is 0 Å². The normalized spacial score (nSPS) is 28.4. The second-order valence-electron chi connectivity index (χ2n) is 4.58. The van der Waals surface area contributed by atoms with Gasteiger partial charge in [-0.15, -0.1) is 0 Å². The number of aromatic nitrogens is 2. The van der Waals surface area contributed by atoms with Gasteiger partial charge in [-0.25, -0.2) is 0 Å². The summed E-state index contributed by atoms with van der Waals surface area (Å²) in [7, 11) is 0. The molecule has 2 saturated heterocycles. The fourth-order valence-corrected chi connectivity index (χ4v) is 2.52. The van der Waals surface area contributed by atoms with Crippen LogP contribution in [0.15, 0.2) is 6.20 Å². The molecule has 0 radical (unpaired) electrons. The van der Waals surface area contributed by atoms with Gasteiger partial charge in [-0.2, -0.15) is 5.10 Å². The monoisotopic (exact) mass is 221 g/mol. The summed E-state index contributed by atoms with van der Waals surface area (Å²) < 4.78 is 5.71. The Labute approximate surface area is 93.8 Å². The van der Waals surface area contributed by atoms with Crippen molar-refractivity contribution in [2.45, 2.75) is 32.0 Å². The predicted octanol–water partition coefficient (Wildman–Crippen LogP) is 0.722. The van der Waals surface area contributed by atoms with E-state index >= 15 is 0 Å². The standard InChI is InChI=1S/C11H15N3O2/c1-7-10(4-12-13-7)11(15)14-5-8-2-3-9(6-14)16-8/h4,8-9H,2-3,5-6H2,1H3,(H,12,13). The molecule has 3 rings (SSSR count). The van der Waals surface area contributed by atoms with Crippen LogP contribution in [-0.2, 0) is 4.74 Å². The maximum Gasteiger partial charge on any atom is 0.257 e. The molecule has 1 aromatic rings. The van der Waals surface area contributed by atoms with Crippen molar-refractivity contribution < 1.29 is 9.53 Å². The van der Waals surface area contributed by atoms with Gasteiger partial charge in [0.25, 0.3) is 5.91 Å². The molecule has 2 aliphatic heterocycles. The van der Waals surface area contributed by atoms with Crippen LogP contribution < -0.4 is 0 Å². The number of ether oxygens (including phenoxy) is 1. The number of morpholine rings is 1. The smallest absolute Gasteiger partial charge is 0.257 e. The fraction of sp³-hybridized carbons (Fsp3) is 0.636. The summed E-state index contributed by atoms with van der Waals surface area (Å²) in [5, 5.41) is 6.69. The molecular formula is C11H15N3O2. The van der Waals surface area contributed by atoms with E-state index in [1.165, 1.54) is 0 Å². The third-order valence-corrected chi connectivity index (χ3v) is 3.39. The molecule has 0 aromatic carbocycles. The lowest BCUT2D eigenvalue weighted by Crippen LogP contribution is -2.45. The van der Waals surface area contributed by atoms with Crippen LogP contribution in [0.3, 0.4) is 0 Å². The zero-order valence-corrected chi connectivity index (χ0v) is 9.27. The van der Waals surface area contributed by atoms with Crippen LogP contribution >= 0.6 is 0 Å². The molecule has 0 saturated carbocycles. The minimum Gasteiger partial charge on any atom is -0.371 e. The Morgan fingerprint density at radius 1 is 1.50 bits per heavy atom. The van der Waals surface area contributed by atoms with E-state index in [0.29, 0.717) is 5.56 Å². The Morgan fingerprint density at radius 2 is 2.19 bits per heavy atom. The topological polar surface area (TPSA) is 58.2 Å². The number of hydrogen-bond donors (Lipinski definition) is 1. The lowest BCUT2D eigenvalue weighted by atomic mass is 10.2. The van der Waals surface area contributed by atoms with Gasteiger partial charge in [0.15, 0.2) is 0 Å². The number of likely N-dealkylation sites (tertiary alicyclic amines) is 1. The van der Waals surface area contributed by atoms with Crippen LogP contribution in [0.1, 0.15) is 28.9 Å². The van der Waals surface area contributed by atoms with E-state index in [4.69, 9.17) is 4.74 Å². The Hall–Kier alpha value is -1.36. The second kappa shape index (κ2) is 3.59. The van der Waals surface area contributed by atoms with Crippen molar-refractivity contribution in [3.8, 4) is 0 Å². The van der Waals surface area contributed by atoms with E-state index in [1.54, 1.807) is 6.20 Å². The van der Waals surface area contributed by atoms with Gasteiger partial charge in [-0.1, -0.05) is 0 Å². The molecule has 5 heteroatoms. The maximum atomic E-state index is 12.2. The molecule has 16 heavy (non-hydrogen) atoms. The maximum absolute atomic E-state index is 12.2. The highest BCUT2D eigenvalue weighted by Gasteiger charge is 2.36. The number of fused-ring (bicyclic) bond motifs is 2. The highest BCUT2D eigenvalue weighted by molar-refractivity contribution is 5.95. The van der Waals surface area contributed by atoms with Crippen molar-refractivity contribution in [2.75, 3.05) is 13.1 Å². The number of carbonyl (C=O) groups is 1. The summed E-state index contributed by atoms with van der Waals surface area (Å²) in [4.78, 5) is 14.1. The molecule has 5 nitrogen and oxygen atoms in total. The van der Waals surface area contributed by atoms with Gasteiger partial charge in [0, 0.05) is 18.8 Å². The molecule has 2 aliphatic rings. The van der Waals surface area contributed by atoms with Crippen LogP contribution in [-0.4, -0.2) is 46.3 Å². The van der Waals surface area contributed by atoms with Crippen molar-refractivity contribution in [1.29, 1.82) is 0 Å². The van der Waals surface area contributed by atoms with Gasteiger partial charge in [0.2, 0.25) is 0 Å². The number of aryl methyl sites for hydroxylation is 1. The lowest BCUT2D eigenvalue weighted by molar-refractivity contribution is -0.0303. The van der Waals surface area contributed by atoms with E-state index in [1.807, 2.05) is 11.8 Å². The summed E-state index contributed by atoms with van der Waals surface area (Å²) in [5.41, 5.74) is 1.52. The largest absolute Gasteiger partial charge is 0.371 e. The van der Waals surface area contributed by atoms with Crippen molar-refractivity contribution in [3.05, 3.63) is 17.5 Å². The van der Waals surface area contributed by atoms with Crippen molar-refractivity contribution in [3.63, 3.8) is 0 Å². The fourth-order valence-electron chi connectivity index (χ4n) is 2.52. The minimum atomic E-state index is 0.0754. The van der Waals surface area contributed by atoms with Gasteiger partial charge < -0.3 is 9.64 Å². The summed E-state index contributed by atoms with van der Waals surface area (Å²) in [5.74, 6) is 0.0754. The van der Waals surface area contributed by atoms with Crippen molar-refractivity contribution >= 4 is 5.91 Å². The van der Waals surface area contributed by atoms with Crippen molar-refractivity contribution in [1.82, 2.24) is 15.1 Å². The van der Waals surface area contributed by atoms with Crippen LogP contribution in [0.4, 0.5) is 0 Å². The first kappa shape index (κ1) is 9.84. The number of nitrogens with one attached hydrogen (secondary N) is 1. The van der Waals surface area contributed by atoms with Crippen LogP contribution in [0, 0.1) is 6.92 Å². The zero-order valence-electron chi connectivity index (χ0n) is 9.27. The van der Waals surface area contributed by atoms with Crippen LogP contribution in [0.2, 0.25) is 0 Å². The van der Waals surface area contributed by atoms with E-state index in [9.17, 15) is 4.79 Å². The number of aromatic amines is 1. The zero-order chi connectivity index (χ0) is 11.1. The van der Waals surface area contributed by atoms with E-state index < -0.39 is 0 Å². The van der Waals surface area contributed by atoms with Gasteiger partial charge >= 0.3 is 0 Å². The summed E-state index contributed by atoms with van der Waals surface area (Å²) >= 11 is 0. The second-order valence-corrected chi connectivity index (χ2v) is 4.58. The number of rotatable bonds is 1. The van der Waals surface area contributed by atoms with Crippen LogP contribution in [0.25, 0.3) is 0 Å². The molecule has 0 aliphatic carbocycles. The first-order chi connectivity index (χ1) is 7.74. The van der Waals surface area contributed by atoms with E-state index in [-0.39, 0.29) is 18.1 Å². The van der Waals surface area contributed by atoms with Crippen molar-refractivity contribution in [2.24, 2.45) is 0 Å². The van der Waals surface area contributed by atoms with Gasteiger partial charge in [-0.05, 0) is 19.8 Å². The minimum absolute atomic E-state index is 0.0754. The van der Waals surface area contributed by atoms with E-state index in [2.05, 4.69) is 10.2 Å². The number of H-pyrrole nitrogens is 1. The predicted molar refractivity (Wildman–Crippen MR) is 57.1 cm³/mol. The first-order valence-electron chi connectivity index (χ1n) is 5.69. The third kappa shape index (κ3) is 1.51. The van der Waals surface area contributed by atoms with Gasteiger partial charge in [-0.3, -0.25) is 9.89 Å². The molecule has 2 fully saturated rings. The Kier molecular flexibility index (Phi) is 2.21. The first-order valence-corrected chi connectivity index (χ1v) is 5.69. The molecule has 1 amide bonds. The molecule has 2 atom stereocenters. The number of carbonyl (C=O) groups excluding carboxylic acids is 1. The average molecular weight is 221 g/mol. The number of nitrogens with zero attached hydrogens (tertiary/aromatic N) is 2. The number of amides is 1.